The van der Waals surface area contributed by atoms with Crippen LogP contribution in [0.4, 0.5) is 4.79 Å². The van der Waals surface area contributed by atoms with Crippen LogP contribution in [0.1, 0.15) is 19.3 Å². The Morgan fingerprint density at radius 1 is 1.33 bits per heavy atom. The summed E-state index contributed by atoms with van der Waals surface area (Å²) < 4.78 is 0. The highest BCUT2D eigenvalue weighted by Crippen LogP contribution is 2.09. The maximum absolute atomic E-state index is 10.5. The zero-order valence-corrected chi connectivity index (χ0v) is 8.44. The number of nitrogens with zero attached hydrogens (tertiary/aromatic N) is 1. The predicted molar refractivity (Wildman–Crippen MR) is 51.6 cm³/mol. The number of halogens is 2. The van der Waals surface area contributed by atoms with Crippen LogP contribution >= 0.6 is 23.2 Å². The number of carbonyl (C=O) groups excluding carboxylic acids is 1. The molecule has 0 aromatic carbocycles. The summed E-state index contributed by atoms with van der Waals surface area (Å²) in [6, 6.07) is 0.222. The molecule has 0 spiro atoms. The average Bonchev–Trinajstić information content (AvgIpc) is 2.07. The molecular weight excluding hydrogens is 199 g/mol. The first-order chi connectivity index (χ1) is 5.72. The van der Waals surface area contributed by atoms with Gasteiger partial charge in [0, 0.05) is 13.1 Å². The second-order valence-corrected chi connectivity index (χ2v) is 3.09. The Morgan fingerprint density at radius 3 is 2.00 bits per heavy atom. The summed E-state index contributed by atoms with van der Waals surface area (Å²) in [5.74, 6) is 0. The van der Waals surface area contributed by atoms with Gasteiger partial charge < -0.3 is 10.6 Å². The Hall–Kier alpha value is 0.01000. The van der Waals surface area contributed by atoms with Gasteiger partial charge in [0.25, 0.3) is 0 Å². The van der Waals surface area contributed by atoms with Gasteiger partial charge in [0.05, 0.1) is 6.00 Å². The van der Waals surface area contributed by atoms with Crippen molar-refractivity contribution in [3.8, 4) is 0 Å². The lowest BCUT2D eigenvalue weighted by Gasteiger charge is -2.23. The first kappa shape index (κ1) is 12.0. The third kappa shape index (κ3) is 5.63. The first-order valence-electron chi connectivity index (χ1n) is 3.92. The van der Waals surface area contributed by atoms with Crippen molar-refractivity contribution in [3.05, 3.63) is 0 Å². The van der Waals surface area contributed by atoms with Crippen LogP contribution < -0.4 is 5.73 Å². The summed E-state index contributed by atoms with van der Waals surface area (Å²) >= 11 is 10.0. The van der Waals surface area contributed by atoms with E-state index in [2.05, 4.69) is 5.73 Å². The van der Waals surface area contributed by atoms with E-state index in [9.17, 15) is 4.79 Å². The lowest BCUT2D eigenvalue weighted by molar-refractivity contribution is 0.210. The zero-order chi connectivity index (χ0) is 9.40. The molecule has 0 saturated carbocycles. The van der Waals surface area contributed by atoms with E-state index in [0.29, 0.717) is 0 Å². The zero-order valence-electron chi connectivity index (χ0n) is 6.93. The predicted octanol–water partition coefficient (Wildman–Crippen LogP) is 1.97. The number of hydrogen-bond acceptors (Lipinski definition) is 2. The third-order valence-corrected chi connectivity index (χ3v) is 1.84. The fraction of sp³-hybridized carbons (Fsp3) is 0.857. The van der Waals surface area contributed by atoms with Gasteiger partial charge in [-0.15, -0.1) is 11.6 Å². The SMILES string of the molecule is NCCl.O=C(Cl)N1CCCCC1. The summed E-state index contributed by atoms with van der Waals surface area (Å²) in [4.78, 5) is 12.2. The Kier molecular flexibility index (Phi) is 7.65. The van der Waals surface area contributed by atoms with Crippen molar-refractivity contribution in [2.75, 3.05) is 19.1 Å². The molecule has 5 heteroatoms. The Labute approximate surface area is 82.8 Å². The van der Waals surface area contributed by atoms with Crippen molar-refractivity contribution in [3.63, 3.8) is 0 Å². The van der Waals surface area contributed by atoms with Crippen LogP contribution in [-0.2, 0) is 0 Å². The van der Waals surface area contributed by atoms with E-state index in [1.807, 2.05) is 0 Å². The minimum absolute atomic E-state index is 0.222. The summed E-state index contributed by atoms with van der Waals surface area (Å²) in [6.07, 6.45) is 3.46. The van der Waals surface area contributed by atoms with Crippen LogP contribution in [0.2, 0.25) is 0 Å². The first-order valence-corrected chi connectivity index (χ1v) is 4.84. The second kappa shape index (κ2) is 7.65. The number of nitrogens with two attached hydrogens (primary N) is 1. The highest BCUT2D eigenvalue weighted by Gasteiger charge is 2.12. The fourth-order valence-corrected chi connectivity index (χ4v) is 1.24. The minimum Gasteiger partial charge on any atom is -0.329 e. The van der Waals surface area contributed by atoms with Crippen LogP contribution in [0.15, 0.2) is 0 Å². The molecule has 0 aromatic heterocycles. The highest BCUT2D eigenvalue weighted by atomic mass is 35.5. The van der Waals surface area contributed by atoms with E-state index in [-0.39, 0.29) is 11.4 Å². The lowest BCUT2D eigenvalue weighted by Crippen LogP contribution is -2.31. The Morgan fingerprint density at radius 2 is 1.75 bits per heavy atom. The molecule has 0 bridgehead atoms. The van der Waals surface area contributed by atoms with Crippen LogP contribution in [-0.4, -0.2) is 29.4 Å². The molecule has 72 valence electrons. The van der Waals surface area contributed by atoms with E-state index in [1.165, 1.54) is 6.42 Å². The van der Waals surface area contributed by atoms with E-state index in [0.717, 1.165) is 25.9 Å². The molecule has 1 saturated heterocycles. The lowest BCUT2D eigenvalue weighted by atomic mass is 10.1. The molecule has 0 atom stereocenters. The molecule has 0 aliphatic carbocycles. The molecule has 1 aliphatic rings. The van der Waals surface area contributed by atoms with Gasteiger partial charge in [-0.1, -0.05) is 0 Å². The van der Waals surface area contributed by atoms with Gasteiger partial charge in [0.15, 0.2) is 0 Å². The van der Waals surface area contributed by atoms with Crippen LogP contribution in [0.5, 0.6) is 0 Å². The summed E-state index contributed by atoms with van der Waals surface area (Å²) in [5, 5.41) is -0.297. The van der Waals surface area contributed by atoms with E-state index in [4.69, 9.17) is 23.2 Å². The van der Waals surface area contributed by atoms with Gasteiger partial charge in [-0.25, -0.2) is 0 Å². The van der Waals surface area contributed by atoms with Crippen LogP contribution in [0.3, 0.4) is 0 Å². The molecule has 1 fully saturated rings. The van der Waals surface area contributed by atoms with Gasteiger partial charge in [0.2, 0.25) is 0 Å². The molecule has 1 amide bonds. The van der Waals surface area contributed by atoms with Crippen molar-refractivity contribution in [1.29, 1.82) is 0 Å². The number of piperidine rings is 1. The maximum Gasteiger partial charge on any atom is 0.316 e. The van der Waals surface area contributed by atoms with E-state index in [1.54, 1.807) is 4.90 Å². The summed E-state index contributed by atoms with van der Waals surface area (Å²) in [5.41, 5.74) is 4.61. The molecule has 0 aromatic rings. The number of likely N-dealkylation sites (tertiary alicyclic amines) is 1. The van der Waals surface area contributed by atoms with Crippen molar-refractivity contribution < 1.29 is 4.79 Å². The summed E-state index contributed by atoms with van der Waals surface area (Å²) in [7, 11) is 0. The molecule has 3 nitrogen and oxygen atoms in total. The molecular formula is C7H14Cl2N2O. The normalized spacial score (nSPS) is 16.4. The molecule has 1 heterocycles. The molecule has 12 heavy (non-hydrogen) atoms. The number of amides is 1. The molecule has 0 unspecified atom stereocenters. The van der Waals surface area contributed by atoms with Crippen molar-refractivity contribution in [1.82, 2.24) is 4.90 Å². The van der Waals surface area contributed by atoms with Crippen molar-refractivity contribution in [2.45, 2.75) is 19.3 Å². The quantitative estimate of drug-likeness (QED) is 0.380. The summed E-state index contributed by atoms with van der Waals surface area (Å²) in [6.45, 7) is 1.70. The number of hydrogen-bond donors (Lipinski definition) is 1. The van der Waals surface area contributed by atoms with Gasteiger partial charge in [-0.05, 0) is 30.9 Å². The van der Waals surface area contributed by atoms with Gasteiger partial charge in [-0.3, -0.25) is 4.79 Å². The minimum atomic E-state index is -0.297. The van der Waals surface area contributed by atoms with E-state index < -0.39 is 0 Å². The second-order valence-electron chi connectivity index (χ2n) is 2.45. The fourth-order valence-electron chi connectivity index (χ4n) is 1.07. The average molecular weight is 213 g/mol. The monoisotopic (exact) mass is 212 g/mol. The topological polar surface area (TPSA) is 46.3 Å². The number of carbonyl (C=O) groups is 1. The number of rotatable bonds is 0. The van der Waals surface area contributed by atoms with Gasteiger partial charge >= 0.3 is 5.37 Å². The Bertz CT molecular complexity index is 127. The Balaban J connectivity index is 0.000000354. The van der Waals surface area contributed by atoms with Crippen LogP contribution in [0.25, 0.3) is 0 Å². The molecule has 2 N–H and O–H groups in total. The van der Waals surface area contributed by atoms with Gasteiger partial charge in [0.1, 0.15) is 0 Å². The third-order valence-electron chi connectivity index (χ3n) is 1.60. The molecule has 1 rings (SSSR count). The van der Waals surface area contributed by atoms with Gasteiger partial charge in [-0.2, -0.15) is 0 Å². The van der Waals surface area contributed by atoms with E-state index >= 15 is 0 Å². The van der Waals surface area contributed by atoms with Crippen molar-refractivity contribution in [2.24, 2.45) is 5.73 Å². The molecule has 0 radical (unpaired) electrons. The van der Waals surface area contributed by atoms with Crippen molar-refractivity contribution >= 4 is 28.6 Å². The highest BCUT2D eigenvalue weighted by molar-refractivity contribution is 6.62. The maximum atomic E-state index is 10.5. The standard InChI is InChI=1S/C6H10ClNO.CH4ClN/c7-6(9)8-4-2-1-3-5-8;2-1-3/h1-5H2;1,3H2. The largest absolute Gasteiger partial charge is 0.329 e. The van der Waals surface area contributed by atoms with Crippen LogP contribution in [0, 0.1) is 0 Å². The molecule has 1 aliphatic heterocycles. The smallest absolute Gasteiger partial charge is 0.316 e. The number of alkyl halides is 1.